The molecule has 0 spiro atoms. The van der Waals surface area contributed by atoms with Gasteiger partial charge in [0, 0.05) is 45.0 Å². The first kappa shape index (κ1) is 26.7. The van der Waals surface area contributed by atoms with Crippen LogP contribution in [-0.4, -0.2) is 69.2 Å². The molecule has 9 heteroatoms. The fourth-order valence-corrected chi connectivity index (χ4v) is 6.35. The number of carbonyl (C=O) groups excluding carboxylic acids is 2. The van der Waals surface area contributed by atoms with Crippen molar-refractivity contribution in [2.75, 3.05) is 29.9 Å². The zero-order valence-electron chi connectivity index (χ0n) is 23.5. The number of carbonyl (C=O) groups is 2. The van der Waals surface area contributed by atoms with Gasteiger partial charge in [-0.1, -0.05) is 26.2 Å². The average molecular weight is 522 g/mol. The van der Waals surface area contributed by atoms with Crippen LogP contribution in [0.4, 0.5) is 11.5 Å². The molecule has 3 aliphatic rings. The zero-order chi connectivity index (χ0) is 27.0. The number of anilines is 2. The second kappa shape index (κ2) is 10.7. The molecule has 3 heterocycles. The number of amides is 2. The second-order valence-corrected chi connectivity index (χ2v) is 12.2. The summed E-state index contributed by atoms with van der Waals surface area (Å²) in [6.07, 6.45) is 8.96. The first-order valence-electron chi connectivity index (χ1n) is 14.2. The van der Waals surface area contributed by atoms with Gasteiger partial charge >= 0.3 is 0 Å². The van der Waals surface area contributed by atoms with E-state index >= 15 is 0 Å². The molecule has 2 saturated carbocycles. The summed E-state index contributed by atoms with van der Waals surface area (Å²) >= 11 is 0. The highest BCUT2D eigenvalue weighted by atomic mass is 16.2. The van der Waals surface area contributed by atoms with Crippen molar-refractivity contribution >= 4 is 23.3 Å². The molecular weight excluding hydrogens is 478 g/mol. The summed E-state index contributed by atoms with van der Waals surface area (Å²) in [5.41, 5.74) is 1.19. The van der Waals surface area contributed by atoms with Gasteiger partial charge in [-0.2, -0.15) is 5.10 Å². The Morgan fingerprint density at radius 3 is 2.42 bits per heavy atom. The summed E-state index contributed by atoms with van der Waals surface area (Å²) in [4.78, 5) is 36.6. The molecule has 2 aromatic heterocycles. The van der Waals surface area contributed by atoms with E-state index in [4.69, 9.17) is 4.98 Å². The Bertz CT molecular complexity index is 1140. The van der Waals surface area contributed by atoms with Crippen molar-refractivity contribution in [3.05, 3.63) is 36.3 Å². The molecular formula is C29H43N7O2. The average Bonchev–Trinajstić information content (AvgIpc) is 3.45. The van der Waals surface area contributed by atoms with Gasteiger partial charge in [0.15, 0.2) is 0 Å². The predicted octanol–water partition coefficient (Wildman–Crippen LogP) is 3.69. The van der Waals surface area contributed by atoms with Gasteiger partial charge in [-0.25, -0.2) is 4.98 Å². The Hall–Kier alpha value is -2.94. The fraction of sp³-hybridized carbons (Fsp3) is 0.655. The molecule has 1 aliphatic heterocycles. The summed E-state index contributed by atoms with van der Waals surface area (Å²) in [6.45, 7) is 11.9. The van der Waals surface area contributed by atoms with E-state index in [2.05, 4.69) is 53.2 Å². The predicted molar refractivity (Wildman–Crippen MR) is 149 cm³/mol. The van der Waals surface area contributed by atoms with Crippen LogP contribution in [0.5, 0.6) is 0 Å². The van der Waals surface area contributed by atoms with Crippen LogP contribution in [0, 0.1) is 17.3 Å². The molecule has 3 fully saturated rings. The number of rotatable bonds is 9. The van der Waals surface area contributed by atoms with E-state index in [1.54, 1.807) is 30.2 Å². The van der Waals surface area contributed by atoms with Crippen LogP contribution in [0.3, 0.4) is 0 Å². The van der Waals surface area contributed by atoms with Crippen molar-refractivity contribution in [3.8, 4) is 0 Å². The lowest BCUT2D eigenvalue weighted by atomic mass is 9.66. The summed E-state index contributed by atoms with van der Waals surface area (Å²) in [6, 6.07) is 5.90. The van der Waals surface area contributed by atoms with Crippen molar-refractivity contribution in [2.45, 2.75) is 77.9 Å². The zero-order valence-corrected chi connectivity index (χ0v) is 23.5. The minimum Gasteiger partial charge on any atom is -0.351 e. The fourth-order valence-electron chi connectivity index (χ4n) is 6.35. The summed E-state index contributed by atoms with van der Waals surface area (Å²) < 4.78 is 1.55. The largest absolute Gasteiger partial charge is 0.351 e. The normalized spacial score (nSPS) is 23.0. The molecule has 2 N–H and O–H groups in total. The van der Waals surface area contributed by atoms with E-state index in [-0.39, 0.29) is 23.1 Å². The number of nitrogens with one attached hydrogen (secondary N) is 2. The molecule has 38 heavy (non-hydrogen) atoms. The smallest absolute Gasteiger partial charge is 0.270 e. The molecule has 0 aromatic carbocycles. The molecule has 9 nitrogen and oxygen atoms in total. The summed E-state index contributed by atoms with van der Waals surface area (Å²) in [5, 5.41) is 10.3. The van der Waals surface area contributed by atoms with E-state index < -0.39 is 6.04 Å². The van der Waals surface area contributed by atoms with Crippen molar-refractivity contribution < 1.29 is 9.59 Å². The number of aromatic nitrogens is 3. The highest BCUT2D eigenvalue weighted by Crippen LogP contribution is 2.58. The lowest BCUT2D eigenvalue weighted by Crippen LogP contribution is -2.54. The lowest BCUT2D eigenvalue weighted by molar-refractivity contribution is -0.121. The van der Waals surface area contributed by atoms with E-state index in [9.17, 15) is 9.59 Å². The number of piperazine rings is 1. The molecule has 0 bridgehead atoms. The van der Waals surface area contributed by atoms with E-state index in [1.807, 2.05) is 12.1 Å². The Morgan fingerprint density at radius 1 is 1.13 bits per heavy atom. The maximum atomic E-state index is 13.8. The third kappa shape index (κ3) is 5.44. The molecule has 3 atom stereocenters. The van der Waals surface area contributed by atoms with Crippen molar-refractivity contribution in [1.29, 1.82) is 0 Å². The first-order valence-corrected chi connectivity index (χ1v) is 14.2. The molecule has 2 amide bonds. The molecule has 0 radical (unpaired) electrons. The number of pyridine rings is 1. The van der Waals surface area contributed by atoms with E-state index in [0.29, 0.717) is 29.4 Å². The van der Waals surface area contributed by atoms with Gasteiger partial charge in [-0.15, -0.1) is 0 Å². The Balaban J connectivity index is 1.31. The van der Waals surface area contributed by atoms with Crippen LogP contribution in [0.1, 0.15) is 70.3 Å². The van der Waals surface area contributed by atoms with Gasteiger partial charge in [0.1, 0.15) is 17.6 Å². The standard InChI is InChI=1S/C29H43N7O2/c1-19(2)35-15-16-36(20(3)18-35)24-10-9-22(17-30-24)32-28(38)26(33-27(37)23-11-14-31-34(23)5)25(21-7-6-8-21)29(4)12-13-29/h9-11,14,17,19-21,25-26H,6-8,12-13,15-16,18H2,1-5H3,(H,32,38)(H,33,37)/t20?,25?,26-/m0/s1. The van der Waals surface area contributed by atoms with E-state index in [1.165, 1.54) is 6.42 Å². The van der Waals surface area contributed by atoms with Gasteiger partial charge in [-0.3, -0.25) is 19.2 Å². The number of aryl methyl sites for hydroxylation is 1. The first-order chi connectivity index (χ1) is 18.2. The summed E-state index contributed by atoms with van der Waals surface area (Å²) in [7, 11) is 1.74. The number of hydrogen-bond acceptors (Lipinski definition) is 6. The van der Waals surface area contributed by atoms with Crippen LogP contribution < -0.4 is 15.5 Å². The molecule has 2 aliphatic carbocycles. The molecule has 5 rings (SSSR count). The Labute approximate surface area is 226 Å². The van der Waals surface area contributed by atoms with Crippen LogP contribution >= 0.6 is 0 Å². The van der Waals surface area contributed by atoms with Gasteiger partial charge in [0.05, 0.1) is 11.9 Å². The molecule has 2 unspecified atom stereocenters. The monoisotopic (exact) mass is 521 g/mol. The number of nitrogens with zero attached hydrogens (tertiary/aromatic N) is 5. The Kier molecular flexibility index (Phi) is 7.49. The van der Waals surface area contributed by atoms with Crippen LogP contribution in [0.15, 0.2) is 30.6 Å². The highest BCUT2D eigenvalue weighted by Gasteiger charge is 2.54. The van der Waals surface area contributed by atoms with Crippen molar-refractivity contribution in [3.63, 3.8) is 0 Å². The van der Waals surface area contributed by atoms with Crippen LogP contribution in [0.2, 0.25) is 0 Å². The summed E-state index contributed by atoms with van der Waals surface area (Å²) in [5.74, 6) is 1.06. The third-order valence-corrected chi connectivity index (χ3v) is 9.18. The van der Waals surface area contributed by atoms with Crippen molar-refractivity contribution in [1.82, 2.24) is 25.0 Å². The Morgan fingerprint density at radius 2 is 1.89 bits per heavy atom. The molecule has 206 valence electrons. The second-order valence-electron chi connectivity index (χ2n) is 12.2. The third-order valence-electron chi connectivity index (χ3n) is 9.18. The van der Waals surface area contributed by atoms with Crippen LogP contribution in [0.25, 0.3) is 0 Å². The minimum absolute atomic E-state index is 0.0865. The molecule has 2 aromatic rings. The van der Waals surface area contributed by atoms with Gasteiger partial charge < -0.3 is 15.5 Å². The van der Waals surface area contributed by atoms with E-state index in [0.717, 1.165) is 51.1 Å². The topological polar surface area (TPSA) is 95.4 Å². The van der Waals surface area contributed by atoms with Crippen LogP contribution in [-0.2, 0) is 11.8 Å². The van der Waals surface area contributed by atoms with Gasteiger partial charge in [0.2, 0.25) is 5.91 Å². The van der Waals surface area contributed by atoms with Gasteiger partial charge in [-0.05, 0) is 69.1 Å². The number of hydrogen-bond donors (Lipinski definition) is 2. The highest BCUT2D eigenvalue weighted by molar-refractivity contribution is 6.00. The maximum absolute atomic E-state index is 13.8. The molecule has 1 saturated heterocycles. The van der Waals surface area contributed by atoms with Crippen molar-refractivity contribution in [2.24, 2.45) is 24.3 Å². The van der Waals surface area contributed by atoms with Gasteiger partial charge in [0.25, 0.3) is 5.91 Å². The SMILES string of the molecule is CC(C)N1CCN(c2ccc(NC(=O)[C@@H](NC(=O)c3ccnn3C)C(C3CCC3)C3(C)CC3)cn2)C(C)C1. The quantitative estimate of drug-likeness (QED) is 0.523. The maximum Gasteiger partial charge on any atom is 0.270 e. The lowest BCUT2D eigenvalue weighted by Gasteiger charge is -2.42. The minimum atomic E-state index is -0.612.